The molecule has 4 aromatic rings. The van der Waals surface area contributed by atoms with Crippen molar-refractivity contribution in [2.24, 2.45) is 0 Å². The van der Waals surface area contributed by atoms with Gasteiger partial charge in [0, 0.05) is 23.3 Å². The maximum atomic E-state index is 13.5. The zero-order valence-corrected chi connectivity index (χ0v) is 22.5. The number of hydrogen-bond donors (Lipinski definition) is 1. The van der Waals surface area contributed by atoms with Crippen LogP contribution in [0.15, 0.2) is 76.4 Å². The molecule has 0 saturated carbocycles. The van der Waals surface area contributed by atoms with Crippen molar-refractivity contribution in [3.63, 3.8) is 0 Å². The van der Waals surface area contributed by atoms with Gasteiger partial charge in [0.25, 0.3) is 5.56 Å². The normalized spacial score (nSPS) is 12.4. The Morgan fingerprint density at radius 3 is 2.45 bits per heavy atom. The van der Waals surface area contributed by atoms with Crippen LogP contribution >= 0.6 is 11.6 Å². The largest absolute Gasteiger partial charge is 0.478 e. The lowest BCUT2D eigenvalue weighted by Crippen LogP contribution is -2.26. The van der Waals surface area contributed by atoms with Crippen LogP contribution in [0, 0.1) is 0 Å². The Bertz CT molecular complexity index is 1650. The monoisotopic (exact) mass is 554 g/mol. The lowest BCUT2D eigenvalue weighted by molar-refractivity contribution is -0.145. The minimum absolute atomic E-state index is 0.0600. The maximum Gasteiger partial charge on any atom is 0.349 e. The Kier molecular flexibility index (Phi) is 8.18. The fraction of sp³-hybridized carbons (Fsp3) is 0.250. The van der Waals surface area contributed by atoms with Gasteiger partial charge in [-0.2, -0.15) is 0 Å². The van der Waals surface area contributed by atoms with Gasteiger partial charge in [0.15, 0.2) is 9.84 Å². The molecule has 198 valence electrons. The van der Waals surface area contributed by atoms with Gasteiger partial charge in [0.05, 0.1) is 22.3 Å². The number of hydrogen-bond acceptors (Lipinski definition) is 6. The molecule has 1 heterocycles. The number of carboxylic acids is 1. The van der Waals surface area contributed by atoms with E-state index in [9.17, 15) is 23.1 Å². The van der Waals surface area contributed by atoms with Crippen LogP contribution in [0.25, 0.3) is 10.9 Å². The topological polar surface area (TPSA) is 116 Å². The van der Waals surface area contributed by atoms with E-state index in [1.54, 1.807) is 59.2 Å². The van der Waals surface area contributed by atoms with Crippen LogP contribution in [-0.4, -0.2) is 35.3 Å². The van der Waals surface area contributed by atoms with E-state index in [4.69, 9.17) is 16.3 Å². The highest BCUT2D eigenvalue weighted by Crippen LogP contribution is 2.28. The van der Waals surface area contributed by atoms with E-state index < -0.39 is 21.9 Å². The van der Waals surface area contributed by atoms with Crippen LogP contribution in [0.3, 0.4) is 0 Å². The summed E-state index contributed by atoms with van der Waals surface area (Å²) in [4.78, 5) is 30.1. The predicted octanol–water partition coefficient (Wildman–Crippen LogP) is 5.05. The maximum absolute atomic E-state index is 13.5. The fourth-order valence-electron chi connectivity index (χ4n) is 4.09. The molecule has 0 aliphatic carbocycles. The molecule has 1 atom stereocenters. The minimum atomic E-state index is -3.49. The highest BCUT2D eigenvalue weighted by molar-refractivity contribution is 7.90. The van der Waals surface area contributed by atoms with Crippen LogP contribution < -0.4 is 10.3 Å². The van der Waals surface area contributed by atoms with Gasteiger partial charge >= 0.3 is 5.97 Å². The molecule has 0 fully saturated rings. The number of aliphatic carboxylic acids is 1. The predicted molar refractivity (Wildman–Crippen MR) is 146 cm³/mol. The molecule has 1 unspecified atom stereocenters. The summed E-state index contributed by atoms with van der Waals surface area (Å²) in [5.74, 6) is -0.236. The molecule has 0 spiro atoms. The van der Waals surface area contributed by atoms with Crippen LogP contribution in [-0.2, 0) is 27.6 Å². The molecular formula is C28H27ClN2O6S. The number of rotatable bonds is 10. The van der Waals surface area contributed by atoms with Gasteiger partial charge in [-0.05, 0) is 48.4 Å². The Hall–Kier alpha value is -3.69. The number of sulfone groups is 1. The molecular weight excluding hydrogens is 528 g/mol. The summed E-state index contributed by atoms with van der Waals surface area (Å²) < 4.78 is 31.4. The summed E-state index contributed by atoms with van der Waals surface area (Å²) in [5.41, 5.74) is 1.24. The molecule has 38 heavy (non-hydrogen) atoms. The van der Waals surface area contributed by atoms with E-state index in [0.29, 0.717) is 34.1 Å². The number of halogens is 1. The van der Waals surface area contributed by atoms with Gasteiger partial charge in [-0.15, -0.1) is 0 Å². The molecule has 3 aromatic carbocycles. The summed E-state index contributed by atoms with van der Waals surface area (Å²) in [5, 5.41) is 10.2. The van der Waals surface area contributed by atoms with Gasteiger partial charge in [-0.3, -0.25) is 9.36 Å². The van der Waals surface area contributed by atoms with Gasteiger partial charge in [0.1, 0.15) is 11.6 Å². The molecule has 0 radical (unpaired) electrons. The van der Waals surface area contributed by atoms with Crippen molar-refractivity contribution in [1.29, 1.82) is 0 Å². The highest BCUT2D eigenvalue weighted by Gasteiger charge is 2.24. The number of aromatic nitrogens is 2. The molecule has 0 saturated heterocycles. The number of carboxylic acid groups (broad SMARTS) is 1. The molecule has 8 nitrogen and oxygen atoms in total. The number of fused-ring (bicyclic) bond motifs is 1. The Balaban J connectivity index is 1.67. The first-order chi connectivity index (χ1) is 18.1. The van der Waals surface area contributed by atoms with E-state index in [-0.39, 0.29) is 22.4 Å². The van der Waals surface area contributed by atoms with Gasteiger partial charge in [-0.1, -0.05) is 55.3 Å². The number of aryl methyl sites for hydroxylation is 1. The second-order valence-corrected chi connectivity index (χ2v) is 11.4. The standard InChI is InChI=1S/C28H27ClN2O6S/c1-3-4-9-25-30-24-15-14-20(38(2,35)36)16-22(24)27(32)31(25)17-18-10-12-19(13-11-18)37-26(28(33)34)21-7-5-6-8-23(21)29/h5-8,10-16,26H,3-4,9,17H2,1-2H3,(H,33,34). The van der Waals surface area contributed by atoms with Crippen molar-refractivity contribution in [3.8, 4) is 5.75 Å². The van der Waals surface area contributed by atoms with Crippen molar-refractivity contribution < 1.29 is 23.1 Å². The lowest BCUT2D eigenvalue weighted by Gasteiger charge is -2.17. The molecule has 0 aliphatic heterocycles. The Morgan fingerprint density at radius 2 is 1.82 bits per heavy atom. The second-order valence-electron chi connectivity index (χ2n) is 8.98. The van der Waals surface area contributed by atoms with E-state index >= 15 is 0 Å². The first-order valence-corrected chi connectivity index (χ1v) is 14.3. The third-order valence-corrected chi connectivity index (χ3v) is 7.57. The minimum Gasteiger partial charge on any atom is -0.478 e. The third-order valence-electron chi connectivity index (χ3n) is 6.12. The van der Waals surface area contributed by atoms with Crippen molar-refractivity contribution in [2.45, 2.75) is 43.7 Å². The molecule has 0 amide bonds. The molecule has 0 aliphatic rings. The second kappa shape index (κ2) is 11.4. The number of benzene rings is 3. The Morgan fingerprint density at radius 1 is 1.11 bits per heavy atom. The Labute approximate surface area is 225 Å². The van der Waals surface area contributed by atoms with Crippen molar-refractivity contribution in [2.75, 3.05) is 6.26 Å². The highest BCUT2D eigenvalue weighted by atomic mass is 35.5. The molecule has 4 rings (SSSR count). The third kappa shape index (κ3) is 6.06. The number of ether oxygens (including phenoxy) is 1. The number of nitrogens with zero attached hydrogens (tertiary/aromatic N) is 2. The average molecular weight is 555 g/mol. The van der Waals surface area contributed by atoms with E-state index in [1.165, 1.54) is 12.1 Å². The van der Waals surface area contributed by atoms with E-state index in [2.05, 4.69) is 4.98 Å². The number of carbonyl (C=O) groups is 1. The van der Waals surface area contributed by atoms with Crippen LogP contribution in [0.5, 0.6) is 5.75 Å². The zero-order valence-electron chi connectivity index (χ0n) is 20.9. The quantitative estimate of drug-likeness (QED) is 0.291. The summed E-state index contributed by atoms with van der Waals surface area (Å²) in [6.45, 7) is 2.25. The lowest BCUT2D eigenvalue weighted by atomic mass is 10.1. The van der Waals surface area contributed by atoms with E-state index in [1.807, 2.05) is 6.92 Å². The SMILES string of the molecule is CCCCc1nc2ccc(S(C)(=O)=O)cc2c(=O)n1Cc1ccc(OC(C(=O)O)c2ccccc2Cl)cc1. The fourth-order valence-corrected chi connectivity index (χ4v) is 4.97. The van der Waals surface area contributed by atoms with Crippen LogP contribution in [0.4, 0.5) is 0 Å². The van der Waals surface area contributed by atoms with Crippen LogP contribution in [0.2, 0.25) is 5.02 Å². The molecule has 10 heteroatoms. The first-order valence-electron chi connectivity index (χ1n) is 12.0. The van der Waals surface area contributed by atoms with Crippen LogP contribution in [0.1, 0.15) is 42.8 Å². The summed E-state index contributed by atoms with van der Waals surface area (Å²) in [6.07, 6.45) is 2.16. The number of unbranched alkanes of at least 4 members (excludes halogenated alkanes) is 1. The molecule has 1 aromatic heterocycles. The average Bonchev–Trinajstić information content (AvgIpc) is 2.88. The smallest absolute Gasteiger partial charge is 0.349 e. The van der Waals surface area contributed by atoms with Gasteiger partial charge in [0.2, 0.25) is 6.10 Å². The summed E-state index contributed by atoms with van der Waals surface area (Å²) >= 11 is 6.17. The summed E-state index contributed by atoms with van der Waals surface area (Å²) in [6, 6.07) is 17.8. The molecule has 1 N–H and O–H groups in total. The van der Waals surface area contributed by atoms with Gasteiger partial charge < -0.3 is 9.84 Å². The van der Waals surface area contributed by atoms with Crippen molar-refractivity contribution in [1.82, 2.24) is 9.55 Å². The first kappa shape index (κ1) is 27.3. The zero-order chi connectivity index (χ0) is 27.4. The van der Waals surface area contributed by atoms with Crippen molar-refractivity contribution in [3.05, 3.63) is 99.1 Å². The summed E-state index contributed by atoms with van der Waals surface area (Å²) in [7, 11) is -3.49. The van der Waals surface area contributed by atoms with Gasteiger partial charge in [-0.25, -0.2) is 18.2 Å². The molecule has 0 bridgehead atoms. The van der Waals surface area contributed by atoms with Crippen molar-refractivity contribution >= 4 is 38.3 Å². The van der Waals surface area contributed by atoms with E-state index in [0.717, 1.165) is 24.7 Å².